The fourth-order valence-electron chi connectivity index (χ4n) is 1.43. The van der Waals surface area contributed by atoms with Crippen LogP contribution in [0.4, 0.5) is 5.69 Å². The first-order chi connectivity index (χ1) is 7.29. The van der Waals surface area contributed by atoms with Crippen molar-refractivity contribution in [2.75, 3.05) is 11.9 Å². The summed E-state index contributed by atoms with van der Waals surface area (Å²) in [5.41, 5.74) is 1.99. The third-order valence-electron chi connectivity index (χ3n) is 2.02. The number of hydrogen-bond donors (Lipinski definition) is 2. The topological polar surface area (TPSA) is 49.3 Å². The van der Waals surface area contributed by atoms with Crippen LogP contribution in [-0.4, -0.2) is 17.6 Å². The smallest absolute Gasteiger partial charge is 0.337 e. The summed E-state index contributed by atoms with van der Waals surface area (Å²) in [7, 11) is 0. The van der Waals surface area contributed by atoms with Crippen molar-refractivity contribution in [1.29, 1.82) is 0 Å². The second-order valence-electron chi connectivity index (χ2n) is 2.86. The molecule has 1 aromatic carbocycles. The Balaban J connectivity index is 0.000000531. The summed E-state index contributed by atoms with van der Waals surface area (Å²) >= 11 is 0. The van der Waals surface area contributed by atoms with Gasteiger partial charge in [-0.2, -0.15) is 0 Å². The van der Waals surface area contributed by atoms with Crippen molar-refractivity contribution in [1.82, 2.24) is 0 Å². The molecule has 15 heavy (non-hydrogen) atoms. The van der Waals surface area contributed by atoms with Crippen LogP contribution in [0.5, 0.6) is 0 Å². The molecule has 3 nitrogen and oxygen atoms in total. The van der Waals surface area contributed by atoms with Crippen LogP contribution in [0.3, 0.4) is 0 Å². The standard InChI is InChI=1S/C10H9NO2.C2H6/c12-10(13)8-5-1-3-7-4-2-6-11-9(7)8;1-2/h1-5,11H,6H2,(H,12,13);1-2H3. The molecular weight excluding hydrogens is 190 g/mol. The minimum atomic E-state index is -0.889. The second kappa shape index (κ2) is 5.20. The van der Waals surface area contributed by atoms with Gasteiger partial charge in [-0.25, -0.2) is 4.79 Å². The first-order valence-corrected chi connectivity index (χ1v) is 5.06. The number of carbonyl (C=O) groups is 1. The van der Waals surface area contributed by atoms with Crippen molar-refractivity contribution in [3.63, 3.8) is 0 Å². The Bertz CT molecular complexity index is 383. The highest BCUT2D eigenvalue weighted by Gasteiger charge is 2.13. The number of aromatic carboxylic acids is 1. The molecule has 1 aliphatic heterocycles. The molecule has 0 saturated carbocycles. The molecular formula is C12H15NO2. The molecule has 0 aromatic heterocycles. The summed E-state index contributed by atoms with van der Waals surface area (Å²) in [6.45, 7) is 4.69. The predicted molar refractivity (Wildman–Crippen MR) is 62.3 cm³/mol. The van der Waals surface area contributed by atoms with Crippen molar-refractivity contribution < 1.29 is 9.90 Å². The molecule has 2 N–H and O–H groups in total. The molecule has 0 fully saturated rings. The van der Waals surface area contributed by atoms with Crippen LogP contribution in [-0.2, 0) is 0 Å². The highest BCUT2D eigenvalue weighted by atomic mass is 16.4. The van der Waals surface area contributed by atoms with Crippen LogP contribution < -0.4 is 5.32 Å². The third kappa shape index (κ3) is 2.37. The number of anilines is 1. The molecule has 3 heteroatoms. The van der Waals surface area contributed by atoms with Gasteiger partial charge in [-0.1, -0.05) is 38.1 Å². The molecule has 80 valence electrons. The van der Waals surface area contributed by atoms with Crippen LogP contribution in [0.25, 0.3) is 6.08 Å². The summed E-state index contributed by atoms with van der Waals surface area (Å²) in [4.78, 5) is 10.8. The average molecular weight is 205 g/mol. The van der Waals surface area contributed by atoms with E-state index in [0.717, 1.165) is 11.3 Å². The van der Waals surface area contributed by atoms with Crippen LogP contribution >= 0.6 is 0 Å². The monoisotopic (exact) mass is 205 g/mol. The molecule has 0 amide bonds. The molecule has 0 spiro atoms. The van der Waals surface area contributed by atoms with Gasteiger partial charge in [0, 0.05) is 6.54 Å². The minimum Gasteiger partial charge on any atom is -0.478 e. The molecule has 0 bridgehead atoms. The second-order valence-corrected chi connectivity index (χ2v) is 2.86. The average Bonchev–Trinajstić information content (AvgIpc) is 2.31. The SMILES string of the molecule is CC.O=C(O)c1cccc2c1NCC=C2. The Morgan fingerprint density at radius 3 is 2.80 bits per heavy atom. The number of carboxylic acid groups (broad SMARTS) is 1. The number of carboxylic acids is 1. The van der Waals surface area contributed by atoms with Crippen LogP contribution in [0.15, 0.2) is 24.3 Å². The van der Waals surface area contributed by atoms with E-state index in [1.54, 1.807) is 12.1 Å². The number of fused-ring (bicyclic) bond motifs is 1. The molecule has 0 saturated heterocycles. The van der Waals surface area contributed by atoms with Gasteiger partial charge in [-0.05, 0) is 11.6 Å². The molecule has 2 rings (SSSR count). The third-order valence-corrected chi connectivity index (χ3v) is 2.02. The normalized spacial score (nSPS) is 11.9. The molecule has 1 heterocycles. The van der Waals surface area contributed by atoms with Gasteiger partial charge in [0.25, 0.3) is 0 Å². The maximum Gasteiger partial charge on any atom is 0.337 e. The largest absolute Gasteiger partial charge is 0.478 e. The van der Waals surface area contributed by atoms with Gasteiger partial charge in [-0.15, -0.1) is 0 Å². The van der Waals surface area contributed by atoms with Gasteiger partial charge in [0.15, 0.2) is 0 Å². The maximum absolute atomic E-state index is 10.8. The summed E-state index contributed by atoms with van der Waals surface area (Å²) in [6.07, 6.45) is 3.90. The lowest BCUT2D eigenvalue weighted by molar-refractivity contribution is 0.0698. The lowest BCUT2D eigenvalue weighted by Gasteiger charge is -2.14. The van der Waals surface area contributed by atoms with Crippen molar-refractivity contribution in [3.8, 4) is 0 Å². The number of rotatable bonds is 1. The fourth-order valence-corrected chi connectivity index (χ4v) is 1.43. The van der Waals surface area contributed by atoms with Crippen LogP contribution in [0.1, 0.15) is 29.8 Å². The van der Waals surface area contributed by atoms with Gasteiger partial charge in [-0.3, -0.25) is 0 Å². The molecule has 1 aromatic rings. The molecule has 0 aliphatic carbocycles. The Hall–Kier alpha value is -1.77. The Morgan fingerprint density at radius 1 is 1.40 bits per heavy atom. The van der Waals surface area contributed by atoms with Crippen molar-refractivity contribution in [2.45, 2.75) is 13.8 Å². The summed E-state index contributed by atoms with van der Waals surface area (Å²) in [5, 5.41) is 11.9. The number of para-hydroxylation sites is 1. The van der Waals surface area contributed by atoms with E-state index in [1.165, 1.54) is 0 Å². The van der Waals surface area contributed by atoms with Gasteiger partial charge < -0.3 is 10.4 Å². The minimum absolute atomic E-state index is 0.335. The predicted octanol–water partition coefficient (Wildman–Crippen LogP) is 2.85. The molecule has 0 atom stereocenters. The zero-order valence-corrected chi connectivity index (χ0v) is 8.95. The van der Waals surface area contributed by atoms with Gasteiger partial charge in [0.1, 0.15) is 0 Å². The fraction of sp³-hybridized carbons (Fsp3) is 0.250. The van der Waals surface area contributed by atoms with E-state index in [2.05, 4.69) is 5.32 Å². The van der Waals surface area contributed by atoms with E-state index >= 15 is 0 Å². The number of hydrogen-bond acceptors (Lipinski definition) is 2. The van der Waals surface area contributed by atoms with Crippen molar-refractivity contribution in [3.05, 3.63) is 35.4 Å². The van der Waals surface area contributed by atoms with E-state index in [-0.39, 0.29) is 0 Å². The molecule has 1 aliphatic rings. The van der Waals surface area contributed by atoms with Crippen LogP contribution in [0, 0.1) is 0 Å². The Morgan fingerprint density at radius 2 is 2.13 bits per heavy atom. The lowest BCUT2D eigenvalue weighted by atomic mass is 10.0. The van der Waals surface area contributed by atoms with E-state index in [1.807, 2.05) is 32.1 Å². The quantitative estimate of drug-likeness (QED) is 0.741. The Kier molecular flexibility index (Phi) is 3.92. The van der Waals surface area contributed by atoms with E-state index < -0.39 is 5.97 Å². The highest BCUT2D eigenvalue weighted by Crippen LogP contribution is 2.24. The van der Waals surface area contributed by atoms with Crippen molar-refractivity contribution >= 4 is 17.7 Å². The van der Waals surface area contributed by atoms with E-state index in [0.29, 0.717) is 12.1 Å². The summed E-state index contributed by atoms with van der Waals surface area (Å²) in [5.74, 6) is -0.889. The summed E-state index contributed by atoms with van der Waals surface area (Å²) in [6, 6.07) is 5.25. The molecule has 0 radical (unpaired) electrons. The number of nitrogens with one attached hydrogen (secondary N) is 1. The summed E-state index contributed by atoms with van der Waals surface area (Å²) < 4.78 is 0. The zero-order chi connectivity index (χ0) is 11.3. The van der Waals surface area contributed by atoms with Crippen molar-refractivity contribution in [2.24, 2.45) is 0 Å². The first kappa shape index (κ1) is 11.3. The van der Waals surface area contributed by atoms with Gasteiger partial charge in [0.2, 0.25) is 0 Å². The van der Waals surface area contributed by atoms with Gasteiger partial charge in [0.05, 0.1) is 11.3 Å². The maximum atomic E-state index is 10.8. The van der Waals surface area contributed by atoms with Crippen LogP contribution in [0.2, 0.25) is 0 Å². The highest BCUT2D eigenvalue weighted by molar-refractivity contribution is 5.97. The first-order valence-electron chi connectivity index (χ1n) is 5.06. The zero-order valence-electron chi connectivity index (χ0n) is 8.95. The van der Waals surface area contributed by atoms with E-state index in [9.17, 15) is 4.79 Å². The Labute approximate surface area is 89.4 Å². The lowest BCUT2D eigenvalue weighted by Crippen LogP contribution is -2.10. The van der Waals surface area contributed by atoms with Gasteiger partial charge >= 0.3 is 5.97 Å². The number of benzene rings is 1. The van der Waals surface area contributed by atoms with E-state index in [4.69, 9.17) is 5.11 Å². The molecule has 0 unspecified atom stereocenters.